The predicted molar refractivity (Wildman–Crippen MR) is 114 cm³/mol. The summed E-state index contributed by atoms with van der Waals surface area (Å²) in [6, 6.07) is 12.3. The lowest BCUT2D eigenvalue weighted by Crippen LogP contribution is -2.09. The largest absolute Gasteiger partial charge is 0.452 e. The van der Waals surface area contributed by atoms with Crippen molar-refractivity contribution >= 4 is 45.4 Å². The summed E-state index contributed by atoms with van der Waals surface area (Å²) in [7, 11) is 0. The van der Waals surface area contributed by atoms with E-state index in [9.17, 15) is 9.59 Å². The highest BCUT2D eigenvalue weighted by molar-refractivity contribution is 9.10. The molecule has 3 aromatic rings. The van der Waals surface area contributed by atoms with Gasteiger partial charge in [0.05, 0.1) is 12.0 Å². The number of carbonyl (C=O) groups is 2. The number of rotatable bonds is 5. The number of ketones is 1. The van der Waals surface area contributed by atoms with Crippen LogP contribution in [0.1, 0.15) is 33.7 Å². The number of halogens is 2. The van der Waals surface area contributed by atoms with E-state index >= 15 is 0 Å². The van der Waals surface area contributed by atoms with Crippen molar-refractivity contribution in [3.8, 4) is 11.5 Å². The SMILES string of the molecule is Cc1cc(OC(=O)CCc2cc(Cl)no2)cc2c1C(=O)/C(=C/c1cccc(Br)c1)O2. The molecule has 0 bridgehead atoms. The Bertz CT molecular complexity index is 1180. The van der Waals surface area contributed by atoms with Crippen molar-refractivity contribution in [2.24, 2.45) is 0 Å². The van der Waals surface area contributed by atoms with E-state index in [1.807, 2.05) is 24.3 Å². The molecule has 30 heavy (non-hydrogen) atoms. The van der Waals surface area contributed by atoms with Crippen LogP contribution in [0.5, 0.6) is 11.5 Å². The van der Waals surface area contributed by atoms with Gasteiger partial charge in [-0.15, -0.1) is 0 Å². The number of aryl methyl sites for hydroxylation is 2. The Balaban J connectivity index is 1.49. The number of benzene rings is 2. The first kappa shape index (κ1) is 20.4. The molecule has 0 N–H and O–H groups in total. The molecule has 2 heterocycles. The van der Waals surface area contributed by atoms with Crippen molar-refractivity contribution < 1.29 is 23.6 Å². The van der Waals surface area contributed by atoms with Crippen molar-refractivity contribution in [2.75, 3.05) is 0 Å². The summed E-state index contributed by atoms with van der Waals surface area (Å²) in [4.78, 5) is 24.9. The molecule has 0 spiro atoms. The molecule has 0 saturated carbocycles. The summed E-state index contributed by atoms with van der Waals surface area (Å²) in [6.45, 7) is 1.77. The van der Waals surface area contributed by atoms with Crippen molar-refractivity contribution in [1.82, 2.24) is 5.16 Å². The lowest BCUT2D eigenvalue weighted by molar-refractivity contribution is -0.134. The van der Waals surface area contributed by atoms with Gasteiger partial charge in [0.15, 0.2) is 10.9 Å². The number of hydrogen-bond acceptors (Lipinski definition) is 6. The quantitative estimate of drug-likeness (QED) is 0.266. The molecule has 0 amide bonds. The minimum atomic E-state index is -0.448. The number of allylic oxidation sites excluding steroid dienone is 1. The van der Waals surface area contributed by atoms with Gasteiger partial charge in [0.25, 0.3) is 0 Å². The van der Waals surface area contributed by atoms with Crippen molar-refractivity contribution in [3.05, 3.63) is 80.3 Å². The number of esters is 1. The van der Waals surface area contributed by atoms with E-state index in [0.29, 0.717) is 34.8 Å². The molecule has 152 valence electrons. The molecule has 0 radical (unpaired) electrons. The summed E-state index contributed by atoms with van der Waals surface area (Å²) in [5.41, 5.74) is 1.96. The fourth-order valence-corrected chi connectivity index (χ4v) is 3.67. The van der Waals surface area contributed by atoms with Crippen LogP contribution in [0.15, 0.2) is 57.2 Å². The molecule has 8 heteroatoms. The Morgan fingerprint density at radius 2 is 2.10 bits per heavy atom. The van der Waals surface area contributed by atoms with Gasteiger partial charge in [0.2, 0.25) is 5.78 Å². The average molecular weight is 489 g/mol. The molecule has 6 nitrogen and oxygen atoms in total. The molecular weight excluding hydrogens is 474 g/mol. The third-order valence-corrected chi connectivity index (χ3v) is 5.10. The number of Topliss-reactive ketones (excluding diaryl/α,β-unsaturated/α-hetero) is 1. The standard InChI is InChI=1S/C22H15BrClNO5/c1-12-7-16(28-20(26)6-5-15-11-19(24)25-30-15)10-17-21(12)22(27)18(29-17)9-13-3-2-4-14(23)8-13/h2-4,7-11H,5-6H2,1H3/b18-9-. The monoisotopic (exact) mass is 487 g/mol. The lowest BCUT2D eigenvalue weighted by atomic mass is 10.0. The van der Waals surface area contributed by atoms with E-state index in [-0.39, 0.29) is 23.1 Å². The molecule has 1 aromatic heterocycles. The van der Waals surface area contributed by atoms with Gasteiger partial charge in [-0.05, 0) is 42.3 Å². The Morgan fingerprint density at radius 1 is 1.27 bits per heavy atom. The first-order valence-corrected chi connectivity index (χ1v) is 10.2. The average Bonchev–Trinajstić information content (AvgIpc) is 3.23. The topological polar surface area (TPSA) is 78.6 Å². The number of ether oxygens (including phenoxy) is 2. The normalized spacial score (nSPS) is 14.0. The maximum absolute atomic E-state index is 12.8. The summed E-state index contributed by atoms with van der Waals surface area (Å²) in [5, 5.41) is 3.80. The number of aromatic nitrogens is 1. The van der Waals surface area contributed by atoms with Crippen molar-refractivity contribution in [1.29, 1.82) is 0 Å². The number of carbonyl (C=O) groups excluding carboxylic acids is 2. The van der Waals surface area contributed by atoms with Crippen LogP contribution in [0.2, 0.25) is 5.15 Å². The second-order valence-corrected chi connectivity index (χ2v) is 8.00. The molecule has 1 aliphatic heterocycles. The van der Waals surface area contributed by atoms with Crippen molar-refractivity contribution in [2.45, 2.75) is 19.8 Å². The summed E-state index contributed by atoms with van der Waals surface area (Å²) in [6.07, 6.45) is 2.09. The molecule has 4 rings (SSSR count). The van der Waals surface area contributed by atoms with E-state index in [1.165, 1.54) is 0 Å². The van der Waals surface area contributed by atoms with Gasteiger partial charge in [0, 0.05) is 23.0 Å². The van der Waals surface area contributed by atoms with E-state index in [2.05, 4.69) is 21.1 Å². The summed E-state index contributed by atoms with van der Waals surface area (Å²) < 4.78 is 17.0. The molecule has 0 atom stereocenters. The number of nitrogens with zero attached hydrogens (tertiary/aromatic N) is 1. The first-order valence-electron chi connectivity index (χ1n) is 9.05. The highest BCUT2D eigenvalue weighted by Gasteiger charge is 2.30. The van der Waals surface area contributed by atoms with Crippen LogP contribution in [0.4, 0.5) is 0 Å². The van der Waals surface area contributed by atoms with Crippen LogP contribution >= 0.6 is 27.5 Å². The van der Waals surface area contributed by atoms with Gasteiger partial charge in [-0.3, -0.25) is 9.59 Å². The Kier molecular flexibility index (Phi) is 5.74. The van der Waals surface area contributed by atoms with Crippen LogP contribution in [0.25, 0.3) is 6.08 Å². The minimum absolute atomic E-state index is 0.0927. The smallest absolute Gasteiger partial charge is 0.311 e. The maximum atomic E-state index is 12.8. The number of fused-ring (bicyclic) bond motifs is 1. The highest BCUT2D eigenvalue weighted by atomic mass is 79.9. The zero-order valence-electron chi connectivity index (χ0n) is 15.8. The fraction of sp³-hybridized carbons (Fsp3) is 0.136. The van der Waals surface area contributed by atoms with E-state index in [1.54, 1.807) is 31.2 Å². The molecule has 2 aromatic carbocycles. The predicted octanol–water partition coefficient (Wildman–Crippen LogP) is 5.55. The van der Waals surface area contributed by atoms with Crippen LogP contribution in [-0.2, 0) is 11.2 Å². The van der Waals surface area contributed by atoms with Gasteiger partial charge in [-0.1, -0.05) is 44.8 Å². The third kappa shape index (κ3) is 4.47. The highest BCUT2D eigenvalue weighted by Crippen LogP contribution is 2.37. The molecule has 0 fully saturated rings. The van der Waals surface area contributed by atoms with Gasteiger partial charge in [-0.25, -0.2) is 0 Å². The van der Waals surface area contributed by atoms with Crippen LogP contribution in [0, 0.1) is 6.92 Å². The molecule has 0 unspecified atom stereocenters. The molecule has 1 aliphatic rings. The van der Waals surface area contributed by atoms with E-state index in [0.717, 1.165) is 10.0 Å². The van der Waals surface area contributed by atoms with Crippen LogP contribution in [0.3, 0.4) is 0 Å². The van der Waals surface area contributed by atoms with Gasteiger partial charge < -0.3 is 14.0 Å². The molecule has 0 aliphatic carbocycles. The van der Waals surface area contributed by atoms with Gasteiger partial charge in [0.1, 0.15) is 17.3 Å². The van der Waals surface area contributed by atoms with Gasteiger partial charge in [-0.2, -0.15) is 0 Å². The maximum Gasteiger partial charge on any atom is 0.311 e. The number of hydrogen-bond donors (Lipinski definition) is 0. The van der Waals surface area contributed by atoms with E-state index in [4.69, 9.17) is 25.6 Å². The Morgan fingerprint density at radius 3 is 2.83 bits per heavy atom. The van der Waals surface area contributed by atoms with Crippen LogP contribution in [-0.4, -0.2) is 16.9 Å². The molecular formula is C22H15BrClNO5. The van der Waals surface area contributed by atoms with Crippen molar-refractivity contribution in [3.63, 3.8) is 0 Å². The fourth-order valence-electron chi connectivity index (χ4n) is 3.10. The first-order chi connectivity index (χ1) is 14.4. The Hall–Kier alpha value is -2.90. The Labute approximate surface area is 185 Å². The lowest BCUT2D eigenvalue weighted by Gasteiger charge is -2.07. The van der Waals surface area contributed by atoms with Crippen LogP contribution < -0.4 is 9.47 Å². The van der Waals surface area contributed by atoms with Gasteiger partial charge >= 0.3 is 5.97 Å². The second kappa shape index (κ2) is 8.45. The summed E-state index contributed by atoms with van der Waals surface area (Å²) >= 11 is 9.10. The second-order valence-electron chi connectivity index (χ2n) is 6.70. The summed E-state index contributed by atoms with van der Waals surface area (Å²) in [5.74, 6) is 0.739. The zero-order chi connectivity index (χ0) is 21.3. The van der Waals surface area contributed by atoms with E-state index < -0.39 is 5.97 Å². The molecule has 0 saturated heterocycles. The third-order valence-electron chi connectivity index (χ3n) is 4.43. The zero-order valence-corrected chi connectivity index (χ0v) is 18.1. The minimum Gasteiger partial charge on any atom is -0.452 e.